The highest BCUT2D eigenvalue weighted by molar-refractivity contribution is 8.18. The standard InChI is InChI=1S/C25H24Cl2N2O7S/c1-4-34-19-9-15(10-20-24(32)29(25(33)37-20)12-22(31)35-5-2)8-18(27)23(19)36-13-21(30)28-16-7-6-14(3)17(26)11-16/h6-11H,4-5,12-13H2,1-3H3,(H,28,30)/b20-10-. The Kier molecular flexibility index (Phi) is 9.85. The Hall–Kier alpha value is -3.21. The van der Waals surface area contributed by atoms with Gasteiger partial charge in [0.15, 0.2) is 18.1 Å². The first-order valence-corrected chi connectivity index (χ1v) is 12.8. The maximum atomic E-state index is 12.7. The van der Waals surface area contributed by atoms with Gasteiger partial charge in [0.05, 0.1) is 23.1 Å². The van der Waals surface area contributed by atoms with Gasteiger partial charge in [-0.15, -0.1) is 0 Å². The van der Waals surface area contributed by atoms with Crippen LogP contribution in [-0.4, -0.2) is 54.3 Å². The number of halogens is 2. The lowest BCUT2D eigenvalue weighted by Crippen LogP contribution is -2.34. The van der Waals surface area contributed by atoms with Crippen LogP contribution < -0.4 is 14.8 Å². The van der Waals surface area contributed by atoms with Gasteiger partial charge >= 0.3 is 5.97 Å². The van der Waals surface area contributed by atoms with Crippen molar-refractivity contribution < 1.29 is 33.4 Å². The number of carbonyl (C=O) groups is 4. The fourth-order valence-corrected chi connectivity index (χ4v) is 4.50. The van der Waals surface area contributed by atoms with Crippen LogP contribution in [-0.2, 0) is 19.1 Å². The number of carbonyl (C=O) groups excluding carboxylic acids is 4. The van der Waals surface area contributed by atoms with Crippen LogP contribution in [0.4, 0.5) is 10.5 Å². The van der Waals surface area contributed by atoms with Crippen LogP contribution in [0.3, 0.4) is 0 Å². The van der Waals surface area contributed by atoms with Gasteiger partial charge in [0.1, 0.15) is 6.54 Å². The molecule has 0 aromatic heterocycles. The number of hydrogen-bond donors (Lipinski definition) is 1. The molecule has 0 atom stereocenters. The molecule has 1 saturated heterocycles. The zero-order chi connectivity index (χ0) is 27.1. The molecule has 0 aliphatic carbocycles. The zero-order valence-corrected chi connectivity index (χ0v) is 22.6. The molecule has 2 aromatic carbocycles. The summed E-state index contributed by atoms with van der Waals surface area (Å²) in [5, 5.41) is 2.77. The average molecular weight is 567 g/mol. The number of amides is 3. The van der Waals surface area contributed by atoms with E-state index in [4.69, 9.17) is 37.4 Å². The van der Waals surface area contributed by atoms with Crippen LogP contribution in [0.25, 0.3) is 6.08 Å². The van der Waals surface area contributed by atoms with Gasteiger partial charge in [0.25, 0.3) is 17.1 Å². The third kappa shape index (κ3) is 7.41. The van der Waals surface area contributed by atoms with Gasteiger partial charge in [-0.1, -0.05) is 29.3 Å². The topological polar surface area (TPSA) is 111 Å². The molecule has 1 fully saturated rings. The third-order valence-electron chi connectivity index (χ3n) is 4.90. The summed E-state index contributed by atoms with van der Waals surface area (Å²) in [5.74, 6) is -1.33. The Balaban J connectivity index is 1.75. The second kappa shape index (κ2) is 12.8. The van der Waals surface area contributed by atoms with Crippen LogP contribution in [0, 0.1) is 6.92 Å². The minimum Gasteiger partial charge on any atom is -0.490 e. The number of rotatable bonds is 10. The van der Waals surface area contributed by atoms with Crippen molar-refractivity contribution in [2.75, 3.05) is 31.7 Å². The normalized spacial score (nSPS) is 14.2. The fourth-order valence-electron chi connectivity index (χ4n) is 3.20. The number of thioether (sulfide) groups is 1. The SMILES string of the molecule is CCOC(=O)CN1C(=O)S/C(=C\c2cc(Cl)c(OCC(=O)Nc3ccc(C)c(Cl)c3)c(OCC)c2)C1=O. The summed E-state index contributed by atoms with van der Waals surface area (Å²) < 4.78 is 16.1. The Morgan fingerprint density at radius 2 is 1.81 bits per heavy atom. The van der Waals surface area contributed by atoms with Crippen molar-refractivity contribution in [1.29, 1.82) is 0 Å². The fraction of sp³-hybridized carbons (Fsp3) is 0.280. The summed E-state index contributed by atoms with van der Waals surface area (Å²) in [5.41, 5.74) is 1.86. The van der Waals surface area contributed by atoms with E-state index in [0.717, 1.165) is 10.5 Å². The predicted octanol–water partition coefficient (Wildman–Crippen LogP) is 5.32. The van der Waals surface area contributed by atoms with E-state index in [1.165, 1.54) is 12.1 Å². The zero-order valence-electron chi connectivity index (χ0n) is 20.3. The van der Waals surface area contributed by atoms with Crippen LogP contribution in [0.5, 0.6) is 11.5 Å². The molecule has 0 unspecified atom stereocenters. The molecule has 37 heavy (non-hydrogen) atoms. The molecule has 2 aromatic rings. The Morgan fingerprint density at radius 1 is 1.05 bits per heavy atom. The Morgan fingerprint density at radius 3 is 2.49 bits per heavy atom. The lowest BCUT2D eigenvalue weighted by molar-refractivity contribution is -0.146. The van der Waals surface area contributed by atoms with Gasteiger partial charge < -0.3 is 19.5 Å². The van der Waals surface area contributed by atoms with Crippen LogP contribution in [0.2, 0.25) is 10.0 Å². The Labute approximate surface area is 228 Å². The number of aryl methyl sites for hydroxylation is 1. The summed E-state index contributed by atoms with van der Waals surface area (Å²) in [6.07, 6.45) is 1.46. The van der Waals surface area contributed by atoms with Crippen molar-refractivity contribution in [2.24, 2.45) is 0 Å². The minimum atomic E-state index is -0.677. The van der Waals surface area contributed by atoms with E-state index < -0.39 is 29.6 Å². The van der Waals surface area contributed by atoms with Crippen molar-refractivity contribution in [1.82, 2.24) is 4.90 Å². The van der Waals surface area contributed by atoms with Crippen molar-refractivity contribution in [2.45, 2.75) is 20.8 Å². The molecule has 12 heteroatoms. The summed E-state index contributed by atoms with van der Waals surface area (Å²) in [4.78, 5) is 49.9. The highest BCUT2D eigenvalue weighted by Crippen LogP contribution is 2.39. The number of hydrogen-bond acceptors (Lipinski definition) is 8. The van der Waals surface area contributed by atoms with E-state index >= 15 is 0 Å². The van der Waals surface area contributed by atoms with Gasteiger partial charge in [0.2, 0.25) is 0 Å². The molecule has 1 N–H and O–H groups in total. The van der Waals surface area contributed by atoms with Gasteiger partial charge in [-0.2, -0.15) is 0 Å². The van der Waals surface area contributed by atoms with E-state index in [-0.39, 0.29) is 41.2 Å². The van der Waals surface area contributed by atoms with E-state index in [1.807, 2.05) is 6.92 Å². The smallest absolute Gasteiger partial charge is 0.326 e. The quantitative estimate of drug-likeness (QED) is 0.304. The van der Waals surface area contributed by atoms with E-state index in [1.54, 1.807) is 38.1 Å². The van der Waals surface area contributed by atoms with Gasteiger partial charge in [-0.25, -0.2) is 0 Å². The molecule has 0 spiro atoms. The molecule has 0 radical (unpaired) electrons. The maximum Gasteiger partial charge on any atom is 0.326 e. The first-order valence-electron chi connectivity index (χ1n) is 11.2. The second-order valence-electron chi connectivity index (χ2n) is 7.64. The van der Waals surface area contributed by atoms with E-state index in [0.29, 0.717) is 28.0 Å². The number of benzene rings is 2. The number of esters is 1. The molecule has 3 rings (SSSR count). The molecule has 9 nitrogen and oxygen atoms in total. The third-order valence-corrected chi connectivity index (χ3v) is 6.49. The van der Waals surface area contributed by atoms with Gasteiger partial charge in [-0.05, 0) is 74.0 Å². The van der Waals surface area contributed by atoms with Gasteiger partial charge in [0, 0.05) is 10.7 Å². The monoisotopic (exact) mass is 566 g/mol. The highest BCUT2D eigenvalue weighted by Gasteiger charge is 2.36. The van der Waals surface area contributed by atoms with E-state index in [2.05, 4.69) is 5.32 Å². The molecular weight excluding hydrogens is 543 g/mol. The number of nitrogens with one attached hydrogen (secondary N) is 1. The Bertz CT molecular complexity index is 1270. The molecule has 1 aliphatic rings. The highest BCUT2D eigenvalue weighted by atomic mass is 35.5. The molecule has 3 amide bonds. The molecule has 0 saturated carbocycles. The molecule has 0 bridgehead atoms. The number of ether oxygens (including phenoxy) is 3. The predicted molar refractivity (Wildman–Crippen MR) is 142 cm³/mol. The van der Waals surface area contributed by atoms with Crippen LogP contribution in [0.15, 0.2) is 35.2 Å². The number of imide groups is 1. The minimum absolute atomic E-state index is 0.109. The van der Waals surface area contributed by atoms with E-state index in [9.17, 15) is 19.2 Å². The summed E-state index contributed by atoms with van der Waals surface area (Å²) in [6, 6.07) is 8.22. The second-order valence-corrected chi connectivity index (χ2v) is 9.44. The lowest BCUT2D eigenvalue weighted by atomic mass is 10.1. The van der Waals surface area contributed by atoms with Crippen LogP contribution >= 0.6 is 35.0 Å². The molecule has 1 heterocycles. The van der Waals surface area contributed by atoms with Crippen LogP contribution in [0.1, 0.15) is 25.0 Å². The summed E-state index contributed by atoms with van der Waals surface area (Å²) in [7, 11) is 0. The summed E-state index contributed by atoms with van der Waals surface area (Å²) in [6.45, 7) is 4.85. The largest absolute Gasteiger partial charge is 0.490 e. The number of nitrogens with zero attached hydrogens (tertiary/aromatic N) is 1. The van der Waals surface area contributed by atoms with Gasteiger partial charge in [-0.3, -0.25) is 24.1 Å². The maximum absolute atomic E-state index is 12.7. The first-order chi connectivity index (χ1) is 17.6. The van der Waals surface area contributed by atoms with Crippen molar-refractivity contribution >= 4 is 69.8 Å². The van der Waals surface area contributed by atoms with Crippen molar-refractivity contribution in [3.63, 3.8) is 0 Å². The van der Waals surface area contributed by atoms with Crippen molar-refractivity contribution in [3.8, 4) is 11.5 Å². The molecular formula is C25H24Cl2N2O7S. The lowest BCUT2D eigenvalue weighted by Gasteiger charge is -2.15. The number of anilines is 1. The van der Waals surface area contributed by atoms with Crippen molar-refractivity contribution in [3.05, 3.63) is 56.4 Å². The first kappa shape index (κ1) is 28.4. The average Bonchev–Trinajstić information content (AvgIpc) is 3.08. The molecule has 1 aliphatic heterocycles. The summed E-state index contributed by atoms with van der Waals surface area (Å²) >= 11 is 13.2. The molecule has 196 valence electrons.